The number of methoxy groups -OCH3 is 2. The van der Waals surface area contributed by atoms with Crippen molar-refractivity contribution in [3.05, 3.63) is 39.8 Å². The molecule has 6 nitrogen and oxygen atoms in total. The monoisotopic (exact) mass is 348 g/mol. The fraction of sp³-hybridized carbons (Fsp3) is 0.412. The Kier molecular flexibility index (Phi) is 6.87. The standard InChI is InChI=1S/C17H24N4O2S/c1-12-10-20-16(24-12)11-21-17(18-2)19-8-7-13-5-6-14(22-3)15(9-13)23-4/h5-6,9-10H,7-8,11H2,1-4H3,(H2,18,19,21). The van der Waals surface area contributed by atoms with Gasteiger partial charge in [-0.2, -0.15) is 0 Å². The molecule has 24 heavy (non-hydrogen) atoms. The van der Waals surface area contributed by atoms with E-state index in [-0.39, 0.29) is 0 Å². The third-order valence-electron chi connectivity index (χ3n) is 3.45. The van der Waals surface area contributed by atoms with Gasteiger partial charge in [-0.05, 0) is 31.0 Å². The molecular formula is C17H24N4O2S. The third kappa shape index (κ3) is 5.13. The van der Waals surface area contributed by atoms with Gasteiger partial charge in [-0.1, -0.05) is 6.07 Å². The molecule has 0 radical (unpaired) electrons. The van der Waals surface area contributed by atoms with Crippen LogP contribution in [0.3, 0.4) is 0 Å². The van der Waals surface area contributed by atoms with Gasteiger partial charge in [-0.15, -0.1) is 11.3 Å². The average Bonchev–Trinajstić information content (AvgIpc) is 3.03. The average molecular weight is 348 g/mol. The molecule has 7 heteroatoms. The molecule has 1 heterocycles. The summed E-state index contributed by atoms with van der Waals surface area (Å²) in [6.45, 7) is 3.50. The number of hydrogen-bond acceptors (Lipinski definition) is 5. The summed E-state index contributed by atoms with van der Waals surface area (Å²) in [6, 6.07) is 5.96. The van der Waals surface area contributed by atoms with Crippen LogP contribution in [0.25, 0.3) is 0 Å². The van der Waals surface area contributed by atoms with Crippen molar-refractivity contribution in [2.24, 2.45) is 4.99 Å². The molecule has 0 atom stereocenters. The largest absolute Gasteiger partial charge is 0.493 e. The molecule has 0 saturated heterocycles. The Bertz CT molecular complexity index is 685. The van der Waals surface area contributed by atoms with Crippen LogP contribution in [0.4, 0.5) is 0 Å². The summed E-state index contributed by atoms with van der Waals surface area (Å²) in [6.07, 6.45) is 2.74. The zero-order valence-corrected chi connectivity index (χ0v) is 15.4. The Labute approximate surface area is 146 Å². The number of benzene rings is 1. The maximum atomic E-state index is 5.33. The van der Waals surface area contributed by atoms with Crippen LogP contribution in [0.15, 0.2) is 29.4 Å². The molecule has 1 aromatic carbocycles. The first-order valence-electron chi connectivity index (χ1n) is 7.73. The van der Waals surface area contributed by atoms with Crippen LogP contribution in [0.5, 0.6) is 11.5 Å². The van der Waals surface area contributed by atoms with Crippen LogP contribution >= 0.6 is 11.3 Å². The van der Waals surface area contributed by atoms with Crippen molar-refractivity contribution in [2.45, 2.75) is 19.9 Å². The highest BCUT2D eigenvalue weighted by Crippen LogP contribution is 2.27. The lowest BCUT2D eigenvalue weighted by molar-refractivity contribution is 0.354. The van der Waals surface area contributed by atoms with Crippen LogP contribution in [0, 0.1) is 6.92 Å². The highest BCUT2D eigenvalue weighted by molar-refractivity contribution is 7.11. The van der Waals surface area contributed by atoms with Gasteiger partial charge in [0, 0.05) is 24.7 Å². The minimum absolute atomic E-state index is 0.675. The molecule has 0 aliphatic carbocycles. The number of thiazole rings is 1. The second-order valence-electron chi connectivity index (χ2n) is 5.16. The molecule has 0 unspecified atom stereocenters. The van der Waals surface area contributed by atoms with Crippen molar-refractivity contribution in [1.29, 1.82) is 0 Å². The number of guanidine groups is 1. The number of aryl methyl sites for hydroxylation is 1. The second kappa shape index (κ2) is 9.12. The summed E-state index contributed by atoms with van der Waals surface area (Å²) in [7, 11) is 5.05. The van der Waals surface area contributed by atoms with E-state index in [1.54, 1.807) is 32.6 Å². The summed E-state index contributed by atoms with van der Waals surface area (Å²) in [4.78, 5) is 9.77. The highest BCUT2D eigenvalue weighted by atomic mass is 32.1. The molecule has 0 fully saturated rings. The van der Waals surface area contributed by atoms with E-state index in [1.165, 1.54) is 10.4 Å². The Morgan fingerprint density at radius 2 is 2.00 bits per heavy atom. The van der Waals surface area contributed by atoms with Gasteiger partial charge in [0.15, 0.2) is 17.5 Å². The maximum absolute atomic E-state index is 5.33. The number of nitrogens with one attached hydrogen (secondary N) is 2. The lowest BCUT2D eigenvalue weighted by Gasteiger charge is -2.12. The SMILES string of the molecule is CN=C(NCCc1ccc(OC)c(OC)c1)NCc1ncc(C)s1. The summed E-state index contributed by atoms with van der Waals surface area (Å²) < 4.78 is 10.6. The number of nitrogens with zero attached hydrogens (tertiary/aromatic N) is 2. The first kappa shape index (κ1) is 18.1. The van der Waals surface area contributed by atoms with E-state index in [9.17, 15) is 0 Å². The van der Waals surface area contributed by atoms with Gasteiger partial charge in [0.2, 0.25) is 0 Å². The van der Waals surface area contributed by atoms with Crippen LogP contribution in [-0.2, 0) is 13.0 Å². The molecule has 130 valence electrons. The van der Waals surface area contributed by atoms with Crippen LogP contribution in [-0.4, -0.2) is 38.8 Å². The lowest BCUT2D eigenvalue weighted by Crippen LogP contribution is -2.37. The first-order valence-corrected chi connectivity index (χ1v) is 8.54. The second-order valence-corrected chi connectivity index (χ2v) is 6.48. The normalized spacial score (nSPS) is 11.2. The molecule has 1 aromatic heterocycles. The number of aliphatic imine (C=N–C) groups is 1. The zero-order chi connectivity index (χ0) is 17.4. The first-order chi connectivity index (χ1) is 11.7. The predicted octanol–water partition coefficient (Wildman–Crippen LogP) is 2.38. The predicted molar refractivity (Wildman–Crippen MR) is 98.3 cm³/mol. The lowest BCUT2D eigenvalue weighted by atomic mass is 10.1. The fourth-order valence-electron chi connectivity index (χ4n) is 2.22. The van der Waals surface area contributed by atoms with E-state index in [1.807, 2.05) is 24.4 Å². The molecule has 0 bridgehead atoms. The topological polar surface area (TPSA) is 67.8 Å². The van der Waals surface area contributed by atoms with E-state index in [0.29, 0.717) is 6.54 Å². The summed E-state index contributed by atoms with van der Waals surface area (Å²) in [5, 5.41) is 7.62. The Hall–Kier alpha value is -2.28. The zero-order valence-electron chi connectivity index (χ0n) is 14.5. The van der Waals surface area contributed by atoms with Crippen molar-refractivity contribution in [2.75, 3.05) is 27.8 Å². The number of aromatic nitrogens is 1. The Balaban J connectivity index is 1.81. The molecule has 0 aliphatic rings. The van der Waals surface area contributed by atoms with Crippen LogP contribution in [0.1, 0.15) is 15.4 Å². The molecule has 0 spiro atoms. The number of hydrogen-bond donors (Lipinski definition) is 2. The van der Waals surface area contributed by atoms with Crippen molar-refractivity contribution >= 4 is 17.3 Å². The minimum atomic E-state index is 0.675. The molecular weight excluding hydrogens is 324 g/mol. The molecule has 0 aliphatic heterocycles. The van der Waals surface area contributed by atoms with Gasteiger partial charge in [0.25, 0.3) is 0 Å². The fourth-order valence-corrected chi connectivity index (χ4v) is 2.95. The number of rotatable bonds is 7. The molecule has 2 N–H and O–H groups in total. The minimum Gasteiger partial charge on any atom is -0.493 e. The van der Waals surface area contributed by atoms with E-state index in [2.05, 4.69) is 27.5 Å². The Morgan fingerprint density at radius 3 is 2.62 bits per heavy atom. The van der Waals surface area contributed by atoms with Crippen molar-refractivity contribution in [3.8, 4) is 11.5 Å². The summed E-state index contributed by atoms with van der Waals surface area (Å²) in [5.41, 5.74) is 1.17. The van der Waals surface area contributed by atoms with E-state index in [0.717, 1.165) is 35.4 Å². The molecule has 2 rings (SSSR count). The van der Waals surface area contributed by atoms with Crippen LogP contribution in [0.2, 0.25) is 0 Å². The van der Waals surface area contributed by atoms with Gasteiger partial charge >= 0.3 is 0 Å². The molecule has 0 saturated carbocycles. The van der Waals surface area contributed by atoms with E-state index in [4.69, 9.17) is 9.47 Å². The number of ether oxygens (including phenoxy) is 2. The quantitative estimate of drug-likeness (QED) is 0.594. The van der Waals surface area contributed by atoms with Crippen molar-refractivity contribution in [1.82, 2.24) is 15.6 Å². The van der Waals surface area contributed by atoms with Crippen LogP contribution < -0.4 is 20.1 Å². The summed E-state index contributed by atoms with van der Waals surface area (Å²) >= 11 is 1.69. The Morgan fingerprint density at radius 1 is 1.21 bits per heavy atom. The van der Waals surface area contributed by atoms with E-state index >= 15 is 0 Å². The van der Waals surface area contributed by atoms with Gasteiger partial charge < -0.3 is 20.1 Å². The smallest absolute Gasteiger partial charge is 0.191 e. The van der Waals surface area contributed by atoms with Crippen molar-refractivity contribution < 1.29 is 9.47 Å². The van der Waals surface area contributed by atoms with Gasteiger partial charge in [0.05, 0.1) is 20.8 Å². The van der Waals surface area contributed by atoms with Gasteiger partial charge in [-0.3, -0.25) is 4.99 Å². The van der Waals surface area contributed by atoms with E-state index < -0.39 is 0 Å². The highest BCUT2D eigenvalue weighted by Gasteiger charge is 2.05. The van der Waals surface area contributed by atoms with Crippen molar-refractivity contribution in [3.63, 3.8) is 0 Å². The van der Waals surface area contributed by atoms with Gasteiger partial charge in [0.1, 0.15) is 5.01 Å². The maximum Gasteiger partial charge on any atom is 0.191 e. The molecule has 2 aromatic rings. The van der Waals surface area contributed by atoms with Gasteiger partial charge in [-0.25, -0.2) is 4.98 Å². The third-order valence-corrected chi connectivity index (χ3v) is 4.37. The summed E-state index contributed by atoms with van der Waals surface area (Å²) in [5.74, 6) is 2.26. The molecule has 0 amide bonds.